The average Bonchev–Trinajstić information content (AvgIpc) is 2.68. The molecule has 1 amide bonds. The minimum Gasteiger partial charge on any atom is -0.348 e. The summed E-state index contributed by atoms with van der Waals surface area (Å²) in [5, 5.41) is 2.97. The van der Waals surface area contributed by atoms with Gasteiger partial charge < -0.3 is 10.2 Å². The molecular formula is C13H17FN2O. The maximum atomic E-state index is 13.1. The number of carbonyl (C=O) groups excluding carboxylic acids is 1. The van der Waals surface area contributed by atoms with Crippen molar-refractivity contribution in [3.63, 3.8) is 0 Å². The molecule has 1 N–H and O–H groups in total. The van der Waals surface area contributed by atoms with Crippen LogP contribution in [-0.4, -0.2) is 37.0 Å². The van der Waals surface area contributed by atoms with E-state index in [0.29, 0.717) is 11.1 Å². The van der Waals surface area contributed by atoms with Crippen molar-refractivity contribution in [3.05, 3.63) is 35.1 Å². The Bertz CT molecular complexity index is 433. The Hall–Kier alpha value is -1.42. The third-order valence-electron chi connectivity index (χ3n) is 3.15. The fraction of sp³-hybridized carbons (Fsp3) is 0.462. The second kappa shape index (κ2) is 4.84. The number of likely N-dealkylation sites (N-methyl/N-ethyl adjacent to an activating group) is 1. The molecule has 0 saturated carbocycles. The number of hydrogen-bond donors (Lipinski definition) is 1. The van der Waals surface area contributed by atoms with Crippen LogP contribution in [0.25, 0.3) is 0 Å². The number of nitrogens with one attached hydrogen (secondary N) is 1. The zero-order valence-corrected chi connectivity index (χ0v) is 10.2. The van der Waals surface area contributed by atoms with Gasteiger partial charge in [0.1, 0.15) is 5.82 Å². The highest BCUT2D eigenvalue weighted by Gasteiger charge is 2.21. The zero-order valence-electron chi connectivity index (χ0n) is 10.2. The monoisotopic (exact) mass is 236 g/mol. The maximum absolute atomic E-state index is 13.1. The molecule has 17 heavy (non-hydrogen) atoms. The molecule has 1 saturated heterocycles. The largest absolute Gasteiger partial charge is 0.348 e. The molecular weight excluding hydrogens is 219 g/mol. The standard InChI is InChI=1S/C13H17FN2O/c1-9-7-10(3-4-12(9)14)13(17)15-11-5-6-16(2)8-11/h3-4,7,11H,5-6,8H2,1-2H3,(H,15,17). The van der Waals surface area contributed by atoms with Crippen LogP contribution in [0.15, 0.2) is 18.2 Å². The fourth-order valence-electron chi connectivity index (χ4n) is 2.11. The van der Waals surface area contributed by atoms with Crippen molar-refractivity contribution in [2.75, 3.05) is 20.1 Å². The average molecular weight is 236 g/mol. The third-order valence-corrected chi connectivity index (χ3v) is 3.15. The van der Waals surface area contributed by atoms with Crippen LogP contribution in [0.1, 0.15) is 22.3 Å². The first-order chi connectivity index (χ1) is 8.06. The number of amides is 1. The summed E-state index contributed by atoms with van der Waals surface area (Å²) < 4.78 is 13.1. The number of likely N-dealkylation sites (tertiary alicyclic amines) is 1. The predicted octanol–water partition coefficient (Wildman–Crippen LogP) is 1.57. The van der Waals surface area contributed by atoms with Gasteiger partial charge in [-0.25, -0.2) is 4.39 Å². The predicted molar refractivity (Wildman–Crippen MR) is 64.5 cm³/mol. The van der Waals surface area contributed by atoms with Gasteiger partial charge in [0.05, 0.1) is 0 Å². The summed E-state index contributed by atoms with van der Waals surface area (Å²) in [6, 6.07) is 4.66. The van der Waals surface area contributed by atoms with E-state index in [0.717, 1.165) is 19.5 Å². The molecule has 1 aliphatic rings. The summed E-state index contributed by atoms with van der Waals surface area (Å²) in [5.74, 6) is -0.393. The summed E-state index contributed by atoms with van der Waals surface area (Å²) in [5.41, 5.74) is 1.03. The number of carbonyl (C=O) groups is 1. The van der Waals surface area contributed by atoms with Crippen LogP contribution >= 0.6 is 0 Å². The molecule has 0 spiro atoms. The SMILES string of the molecule is Cc1cc(C(=O)NC2CCN(C)C2)ccc1F. The molecule has 1 unspecified atom stereocenters. The minimum absolute atomic E-state index is 0.117. The summed E-state index contributed by atoms with van der Waals surface area (Å²) in [6.45, 7) is 3.55. The van der Waals surface area contributed by atoms with Gasteiger partial charge in [-0.2, -0.15) is 0 Å². The first-order valence-electron chi connectivity index (χ1n) is 5.82. The van der Waals surface area contributed by atoms with Crippen molar-refractivity contribution in [1.82, 2.24) is 10.2 Å². The molecule has 4 heteroatoms. The first-order valence-corrected chi connectivity index (χ1v) is 5.82. The molecule has 0 bridgehead atoms. The van der Waals surface area contributed by atoms with E-state index in [4.69, 9.17) is 0 Å². The summed E-state index contributed by atoms with van der Waals surface area (Å²) >= 11 is 0. The topological polar surface area (TPSA) is 32.3 Å². The number of benzene rings is 1. The lowest BCUT2D eigenvalue weighted by atomic mass is 10.1. The smallest absolute Gasteiger partial charge is 0.251 e. The normalized spacial score (nSPS) is 20.5. The number of rotatable bonds is 2. The van der Waals surface area contributed by atoms with Crippen LogP contribution in [0.2, 0.25) is 0 Å². The maximum Gasteiger partial charge on any atom is 0.251 e. The highest BCUT2D eigenvalue weighted by molar-refractivity contribution is 5.94. The van der Waals surface area contributed by atoms with Crippen molar-refractivity contribution in [1.29, 1.82) is 0 Å². The molecule has 0 radical (unpaired) electrons. The molecule has 1 aromatic carbocycles. The van der Waals surface area contributed by atoms with E-state index in [1.807, 2.05) is 7.05 Å². The Balaban J connectivity index is 2.02. The van der Waals surface area contributed by atoms with E-state index in [1.54, 1.807) is 13.0 Å². The minimum atomic E-state index is -0.276. The van der Waals surface area contributed by atoms with Gasteiger partial charge in [-0.1, -0.05) is 0 Å². The van der Waals surface area contributed by atoms with Crippen LogP contribution < -0.4 is 5.32 Å². The van der Waals surface area contributed by atoms with E-state index in [-0.39, 0.29) is 17.8 Å². The van der Waals surface area contributed by atoms with Crippen LogP contribution in [0.5, 0.6) is 0 Å². The number of nitrogens with zero attached hydrogens (tertiary/aromatic N) is 1. The molecule has 1 aliphatic heterocycles. The first kappa shape index (κ1) is 12.0. The molecule has 0 aromatic heterocycles. The van der Waals surface area contributed by atoms with Gasteiger partial charge in [0, 0.05) is 18.2 Å². The van der Waals surface area contributed by atoms with Crippen LogP contribution in [0, 0.1) is 12.7 Å². The van der Waals surface area contributed by atoms with Crippen LogP contribution in [-0.2, 0) is 0 Å². The molecule has 3 nitrogen and oxygen atoms in total. The molecule has 1 atom stereocenters. The lowest BCUT2D eigenvalue weighted by molar-refractivity contribution is 0.0938. The van der Waals surface area contributed by atoms with Gasteiger partial charge in [0.25, 0.3) is 5.91 Å². The number of halogens is 1. The Morgan fingerprint density at radius 1 is 1.53 bits per heavy atom. The van der Waals surface area contributed by atoms with Gasteiger partial charge in [-0.15, -0.1) is 0 Å². The highest BCUT2D eigenvalue weighted by atomic mass is 19.1. The number of aryl methyl sites for hydroxylation is 1. The van der Waals surface area contributed by atoms with E-state index in [2.05, 4.69) is 10.2 Å². The van der Waals surface area contributed by atoms with Crippen LogP contribution in [0.3, 0.4) is 0 Å². The summed E-state index contributed by atoms with van der Waals surface area (Å²) in [7, 11) is 2.04. The zero-order chi connectivity index (χ0) is 12.4. The summed E-state index contributed by atoms with van der Waals surface area (Å²) in [6.07, 6.45) is 0.975. The van der Waals surface area contributed by atoms with E-state index in [1.165, 1.54) is 12.1 Å². The highest BCUT2D eigenvalue weighted by Crippen LogP contribution is 2.11. The summed E-state index contributed by atoms with van der Waals surface area (Å²) in [4.78, 5) is 14.1. The van der Waals surface area contributed by atoms with Gasteiger partial charge >= 0.3 is 0 Å². The molecule has 0 aliphatic carbocycles. The van der Waals surface area contributed by atoms with Crippen molar-refractivity contribution in [3.8, 4) is 0 Å². The van der Waals surface area contributed by atoms with Crippen LogP contribution in [0.4, 0.5) is 4.39 Å². The van der Waals surface area contributed by atoms with E-state index < -0.39 is 0 Å². The molecule has 1 heterocycles. The second-order valence-electron chi connectivity index (χ2n) is 4.69. The van der Waals surface area contributed by atoms with Gasteiger partial charge in [-0.05, 0) is 50.7 Å². The quantitative estimate of drug-likeness (QED) is 0.845. The van der Waals surface area contributed by atoms with E-state index in [9.17, 15) is 9.18 Å². The Morgan fingerprint density at radius 2 is 2.29 bits per heavy atom. The lowest BCUT2D eigenvalue weighted by Gasteiger charge is -2.13. The van der Waals surface area contributed by atoms with E-state index >= 15 is 0 Å². The molecule has 1 aromatic rings. The number of hydrogen-bond acceptors (Lipinski definition) is 2. The molecule has 92 valence electrons. The second-order valence-corrected chi connectivity index (χ2v) is 4.69. The van der Waals surface area contributed by atoms with Crippen molar-refractivity contribution in [2.45, 2.75) is 19.4 Å². The Labute approximate surface area is 101 Å². The van der Waals surface area contributed by atoms with Gasteiger partial charge in [-0.3, -0.25) is 4.79 Å². The fourth-order valence-corrected chi connectivity index (χ4v) is 2.11. The van der Waals surface area contributed by atoms with Crippen molar-refractivity contribution < 1.29 is 9.18 Å². The lowest BCUT2D eigenvalue weighted by Crippen LogP contribution is -2.36. The van der Waals surface area contributed by atoms with Gasteiger partial charge in [0.15, 0.2) is 0 Å². The third kappa shape index (κ3) is 2.82. The Kier molecular flexibility index (Phi) is 3.43. The molecule has 2 rings (SSSR count). The Morgan fingerprint density at radius 3 is 2.88 bits per heavy atom. The van der Waals surface area contributed by atoms with Gasteiger partial charge in [0.2, 0.25) is 0 Å². The van der Waals surface area contributed by atoms with Crippen molar-refractivity contribution >= 4 is 5.91 Å². The molecule has 1 fully saturated rings. The van der Waals surface area contributed by atoms with Crippen molar-refractivity contribution in [2.24, 2.45) is 0 Å².